The summed E-state index contributed by atoms with van der Waals surface area (Å²) >= 11 is 0. The molecule has 0 aliphatic carbocycles. The van der Waals surface area contributed by atoms with E-state index in [1.165, 1.54) is 4.31 Å². The number of ether oxygens (including phenoxy) is 26. The summed E-state index contributed by atoms with van der Waals surface area (Å²) < 4.78 is 224. The fourth-order valence-corrected chi connectivity index (χ4v) is 12.8. The molecule has 740 valence electrons. The third kappa shape index (κ3) is 55.9. The number of rotatable bonds is 88. The Balaban J connectivity index is 0.627. The van der Waals surface area contributed by atoms with Gasteiger partial charge in [0.2, 0.25) is 33.3 Å². The van der Waals surface area contributed by atoms with Crippen molar-refractivity contribution in [3.63, 3.8) is 0 Å². The zero-order valence-electron chi connectivity index (χ0n) is 75.1. The number of nitrogens with two attached hydrogens (primary N) is 1. The van der Waals surface area contributed by atoms with Crippen molar-refractivity contribution in [2.45, 2.75) is 37.5 Å². The third-order valence-corrected chi connectivity index (χ3v) is 19.8. The maximum Gasteiger partial charge on any atom is 0.313 e. The van der Waals surface area contributed by atoms with Crippen LogP contribution in [-0.2, 0) is 143 Å². The van der Waals surface area contributed by atoms with Crippen LogP contribution in [0.1, 0.15) is 38.2 Å². The van der Waals surface area contributed by atoms with Gasteiger partial charge in [0.25, 0.3) is 5.91 Å². The van der Waals surface area contributed by atoms with Gasteiger partial charge in [0, 0.05) is 62.2 Å². The number of fused-ring (bicyclic) bond motifs is 1. The second kappa shape index (κ2) is 77.7. The molecule has 2 aliphatic heterocycles. The van der Waals surface area contributed by atoms with E-state index >= 15 is 0 Å². The molecule has 42 heteroatoms. The monoisotopic (exact) mass is 1880 g/mol. The van der Waals surface area contributed by atoms with Crippen molar-refractivity contribution in [1.82, 2.24) is 14.5 Å². The highest BCUT2D eigenvalue weighted by Gasteiger charge is 2.36. The first-order valence-corrected chi connectivity index (χ1v) is 45.5. The van der Waals surface area contributed by atoms with Gasteiger partial charge >= 0.3 is 5.97 Å². The number of aliphatic hydroxyl groups excluding tert-OH is 1. The number of amides is 2. The number of aliphatic hydroxyl groups is 1. The molecular formula is C88H137F4N5O32S. The number of nitrogens with zero attached hydrogens (tertiary/aromatic N) is 3. The summed E-state index contributed by atoms with van der Waals surface area (Å²) in [4.78, 5) is 44.4. The Morgan fingerprint density at radius 3 is 1.10 bits per heavy atom. The van der Waals surface area contributed by atoms with Crippen LogP contribution in [0, 0.1) is 41.0 Å². The standard InChI is InChI=1S/C88H137F4N5O32S/c1-2-13-96(88(101)77-65-76-9-8-75(67-81(76)95-82(93)68-77)74-6-5-7-78(66-74)130(102,103)97-70-73(71-97)72-98)14-4-3-12-94-83(99)10-15-104-17-19-106-21-23-108-25-27-110-29-31-112-33-35-114-37-39-116-41-43-118-45-47-120-49-51-122-53-55-124-57-59-126-61-63-128-64-62-127-60-58-125-56-54-123-52-50-121-48-46-119-44-42-117-40-38-115-36-34-113-32-30-111-28-26-109-24-22-107-20-18-105-16-11-84(100)129-87-85(91)79(89)69-80(90)86(87)92/h5-9,65-67,69,73,98H,2,10-64,68,70-72H2,1H3,(H2,93,95)(H,94,99). The lowest BCUT2D eigenvalue weighted by atomic mass is 10.0. The molecule has 0 spiro atoms. The van der Waals surface area contributed by atoms with E-state index in [-0.39, 0.29) is 113 Å². The Labute approximate surface area is 760 Å². The van der Waals surface area contributed by atoms with Crippen molar-refractivity contribution in [2.75, 3.05) is 370 Å². The van der Waals surface area contributed by atoms with Gasteiger partial charge in [-0.15, -0.1) is 0 Å². The molecule has 0 unspecified atom stereocenters. The van der Waals surface area contributed by atoms with Crippen molar-refractivity contribution >= 4 is 45.4 Å². The smallest absolute Gasteiger partial charge is 0.313 e. The number of nitrogens with one attached hydrogen (secondary N) is 1. The Kier molecular flexibility index (Phi) is 68.1. The van der Waals surface area contributed by atoms with Gasteiger partial charge in [0.05, 0.1) is 360 Å². The molecule has 1 saturated heterocycles. The number of sulfonamides is 1. The number of amidine groups is 1. The van der Waals surface area contributed by atoms with E-state index in [2.05, 4.69) is 26.9 Å². The molecule has 0 bridgehead atoms. The van der Waals surface area contributed by atoms with Crippen molar-refractivity contribution in [1.29, 1.82) is 0 Å². The lowest BCUT2D eigenvalue weighted by molar-refractivity contribution is -0.136. The van der Waals surface area contributed by atoms with Gasteiger partial charge in [-0.05, 0) is 41.8 Å². The highest BCUT2D eigenvalue weighted by atomic mass is 32.2. The molecular weight excluding hydrogens is 1750 g/mol. The van der Waals surface area contributed by atoms with E-state index in [1.54, 1.807) is 29.2 Å². The Bertz CT molecular complexity index is 3650. The van der Waals surface area contributed by atoms with E-state index in [0.29, 0.717) is 333 Å². The van der Waals surface area contributed by atoms with Crippen LogP contribution in [0.3, 0.4) is 0 Å². The van der Waals surface area contributed by atoms with Crippen molar-refractivity contribution in [2.24, 2.45) is 16.6 Å². The second-order valence-electron chi connectivity index (χ2n) is 28.1. The van der Waals surface area contributed by atoms with Gasteiger partial charge in [-0.1, -0.05) is 43.0 Å². The van der Waals surface area contributed by atoms with Crippen LogP contribution in [0.25, 0.3) is 17.2 Å². The summed E-state index contributed by atoms with van der Waals surface area (Å²) in [6.45, 7) is 23.2. The first kappa shape index (κ1) is 114. The average molecular weight is 1890 g/mol. The summed E-state index contributed by atoms with van der Waals surface area (Å²) in [5.74, 6) is -3.83. The van der Waals surface area contributed by atoms with Gasteiger partial charge in [0.15, 0.2) is 11.6 Å². The minimum absolute atomic E-state index is 0.0144. The van der Waals surface area contributed by atoms with Crippen molar-refractivity contribution < 1.29 is 169 Å². The summed E-state index contributed by atoms with van der Waals surface area (Å²) in [5.41, 5.74) is 9.47. The summed E-state index contributed by atoms with van der Waals surface area (Å²) in [6, 6.07) is 12.2. The molecule has 2 amide bonds. The normalized spacial score (nSPS) is 13.0. The number of esters is 1. The molecule has 2 heterocycles. The van der Waals surface area contributed by atoms with Gasteiger partial charge in [-0.3, -0.25) is 14.4 Å². The molecule has 0 saturated carbocycles. The quantitative estimate of drug-likeness (QED) is 0.0175. The average Bonchev–Trinajstić information content (AvgIpc) is 0.832. The summed E-state index contributed by atoms with van der Waals surface area (Å²) in [6.07, 6.45) is 2.36. The predicted octanol–water partition coefficient (Wildman–Crippen LogP) is 4.46. The minimum Gasteiger partial charge on any atom is -0.420 e. The number of aliphatic imine (C=N–C) groups is 1. The molecule has 0 aromatic heterocycles. The molecule has 37 nitrogen and oxygen atoms in total. The molecule has 3 aromatic carbocycles. The zero-order chi connectivity index (χ0) is 92.9. The first-order chi connectivity index (χ1) is 63.7. The molecule has 0 atom stereocenters. The molecule has 2 aliphatic rings. The first-order valence-electron chi connectivity index (χ1n) is 44.1. The van der Waals surface area contributed by atoms with Gasteiger partial charge in [-0.25, -0.2) is 22.2 Å². The molecule has 0 radical (unpaired) electrons. The van der Waals surface area contributed by atoms with Gasteiger partial charge in [-0.2, -0.15) is 13.1 Å². The second-order valence-corrected chi connectivity index (χ2v) is 30.0. The highest BCUT2D eigenvalue weighted by Crippen LogP contribution is 2.34. The SMILES string of the molecule is CCCN(CC#CCNC(=O)CCOCCOCCOCCOCCOCCOCCOCCOCCOCCOCCOCCOCCOCCOCCOCCOCCOCCOCCOCCOCCOCCOCCOCCOCCOCCC(=O)Oc1c(F)c(F)cc(F)c1F)C(=O)C1=Cc2ccc(-c3cccc(S(=O)(=O)N4CC(CO)C4)c3)cc2N=C(N)C1. The predicted molar refractivity (Wildman–Crippen MR) is 464 cm³/mol. The summed E-state index contributed by atoms with van der Waals surface area (Å²) in [7, 11) is -3.71. The number of hydrogen-bond donors (Lipinski definition) is 3. The maximum atomic E-state index is 13.9. The van der Waals surface area contributed by atoms with E-state index in [0.717, 1.165) is 5.56 Å². The Morgan fingerprint density at radius 1 is 0.446 bits per heavy atom. The van der Waals surface area contributed by atoms with Gasteiger partial charge < -0.3 is 144 Å². The molecule has 3 aromatic rings. The lowest BCUT2D eigenvalue weighted by Gasteiger charge is -2.36. The highest BCUT2D eigenvalue weighted by molar-refractivity contribution is 7.89. The van der Waals surface area contributed by atoms with Crippen LogP contribution in [-0.4, -0.2) is 416 Å². The van der Waals surface area contributed by atoms with Crippen LogP contribution in [0.4, 0.5) is 23.2 Å². The number of benzene rings is 3. The van der Waals surface area contributed by atoms with Crippen molar-refractivity contribution in [3.8, 4) is 28.7 Å². The van der Waals surface area contributed by atoms with Crippen LogP contribution in [0.15, 0.2) is 64.0 Å². The van der Waals surface area contributed by atoms with E-state index in [1.807, 2.05) is 31.2 Å². The maximum absolute atomic E-state index is 13.9. The Hall–Kier alpha value is -6.57. The zero-order valence-corrected chi connectivity index (χ0v) is 76.0. The lowest BCUT2D eigenvalue weighted by Crippen LogP contribution is -2.51. The Morgan fingerprint density at radius 2 is 0.769 bits per heavy atom. The topological polar surface area (TPSA) is 402 Å². The van der Waals surface area contributed by atoms with Gasteiger partial charge in [0.1, 0.15) is 5.84 Å². The number of halogens is 4. The van der Waals surface area contributed by atoms with Crippen LogP contribution >= 0.6 is 0 Å². The van der Waals surface area contributed by atoms with E-state index in [4.69, 9.17) is 124 Å². The van der Waals surface area contributed by atoms with E-state index < -0.39 is 51.4 Å². The van der Waals surface area contributed by atoms with E-state index in [9.17, 15) is 45.5 Å². The minimum atomic E-state index is -3.71. The van der Waals surface area contributed by atoms with Crippen LogP contribution in [0.5, 0.6) is 5.75 Å². The number of carbonyl (C=O) groups is 3. The third-order valence-electron chi connectivity index (χ3n) is 17.9. The molecule has 1 fully saturated rings. The van der Waals surface area contributed by atoms with Crippen LogP contribution in [0.2, 0.25) is 0 Å². The fourth-order valence-electron chi connectivity index (χ4n) is 11.2. The fraction of sp³-hybridized carbons (Fsp3) is 0.705. The van der Waals surface area contributed by atoms with Crippen LogP contribution < -0.4 is 15.8 Å². The number of hydrogen-bond acceptors (Lipinski definition) is 34. The largest absolute Gasteiger partial charge is 0.420 e. The molecule has 5 rings (SSSR count). The number of carbonyl (C=O) groups excluding carboxylic acids is 3. The molecule has 130 heavy (non-hydrogen) atoms. The molecule has 4 N–H and O–H groups in total. The summed E-state index contributed by atoms with van der Waals surface area (Å²) in [5, 5.41) is 12.1. The van der Waals surface area contributed by atoms with Crippen molar-refractivity contribution in [3.05, 3.63) is 82.9 Å².